The summed E-state index contributed by atoms with van der Waals surface area (Å²) in [6, 6.07) is 120. The van der Waals surface area contributed by atoms with Crippen LogP contribution in [-0.2, 0) is 44.8 Å². The summed E-state index contributed by atoms with van der Waals surface area (Å²) in [6.45, 7) is 0. The molecule has 14 rings (SSSR count). The van der Waals surface area contributed by atoms with Gasteiger partial charge in [-0.05, 0) is 71.3 Å². The fraction of sp³-hybridized carbons (Fsp3) is 0.0133. The molecule has 0 saturated carbocycles. The second-order valence-electron chi connectivity index (χ2n) is 19.3. The van der Waals surface area contributed by atoms with Gasteiger partial charge in [-0.2, -0.15) is 0 Å². The van der Waals surface area contributed by atoms with Crippen LogP contribution >= 0.6 is 15.8 Å². The van der Waals surface area contributed by atoms with Crippen molar-refractivity contribution in [3.8, 4) is 45.0 Å². The molecule has 2 nitrogen and oxygen atoms in total. The Morgan fingerprint density at radius 1 is 0.235 bits per heavy atom. The molecule has 12 aromatic carbocycles. The summed E-state index contributed by atoms with van der Waals surface area (Å²) in [5.74, 6) is 1.25. The van der Waals surface area contributed by atoms with Crippen LogP contribution < -0.4 is 21.2 Å². The van der Waals surface area contributed by atoms with E-state index in [2.05, 4.69) is 243 Å². The maximum absolute atomic E-state index is 4.86. The fourth-order valence-electron chi connectivity index (χ4n) is 10.0. The van der Waals surface area contributed by atoms with E-state index in [1.807, 2.05) is 84.9 Å². The molecule has 398 valence electrons. The van der Waals surface area contributed by atoms with E-state index in [-0.39, 0.29) is 44.8 Å². The summed E-state index contributed by atoms with van der Waals surface area (Å²) in [4.78, 5) is 9.73. The predicted molar refractivity (Wildman–Crippen MR) is 341 cm³/mol. The Morgan fingerprint density at radius 3 is 0.679 bits per heavy atom. The van der Waals surface area contributed by atoms with Gasteiger partial charge in [0.1, 0.15) is 37.1 Å². The zero-order valence-electron chi connectivity index (χ0n) is 44.1. The normalized spacial score (nSPS) is 10.8. The number of aromatic nitrogens is 2. The van der Waals surface area contributed by atoms with Crippen LogP contribution in [0.15, 0.2) is 303 Å². The molecule has 0 bridgehead atoms. The number of hydrogen-bond acceptors (Lipinski definition) is 2. The third-order valence-electron chi connectivity index (χ3n) is 14.2. The number of pyridine rings is 2. The topological polar surface area (TPSA) is 25.8 Å². The molecule has 0 aliphatic carbocycles. The van der Waals surface area contributed by atoms with Crippen molar-refractivity contribution in [3.63, 3.8) is 0 Å². The predicted octanol–water partition coefficient (Wildman–Crippen LogP) is 17.3. The second kappa shape index (κ2) is 27.7. The zero-order chi connectivity index (χ0) is 53.0. The van der Waals surface area contributed by atoms with Crippen LogP contribution in [0.4, 0.5) is 0 Å². The molecular formula is C75H54Au2N2P2-2. The molecular weight excluding hydrogens is 1380 g/mol. The van der Waals surface area contributed by atoms with Crippen molar-refractivity contribution in [2.24, 2.45) is 0 Å². The number of fused-ring (bicyclic) bond motifs is 4. The summed E-state index contributed by atoms with van der Waals surface area (Å²) in [7, 11) is -1.69. The minimum absolute atomic E-state index is 0. The third kappa shape index (κ3) is 13.9. The maximum Gasteiger partial charge on any atom is 0.174 e. The van der Waals surface area contributed by atoms with Crippen LogP contribution in [0.2, 0.25) is 0 Å². The van der Waals surface area contributed by atoms with Crippen molar-refractivity contribution in [1.29, 1.82) is 0 Å². The summed E-state index contributed by atoms with van der Waals surface area (Å²) >= 11 is 0. The standard InChI is InChI=1S/2C25H15N.C25H22P2.2Au/c2*1-3-8-20-16-22(14-12-18(20)6-1)24-10-5-11-25(26-24)23-15-13-19-7-2-4-9-21(19)17-23;1-5-13-22(14-6-1)26(23-15-7-2-8-16-23)21-27(24-17-9-3-10-18-24)25-19-11-4-12-20-25;;/h2*1-13,16-17H;1-20H,21H2;;/q2*-2;;;/p+2. The van der Waals surface area contributed by atoms with Crippen LogP contribution in [0.25, 0.3) is 88.1 Å². The molecule has 81 heavy (non-hydrogen) atoms. The molecule has 0 aliphatic heterocycles. The van der Waals surface area contributed by atoms with Crippen LogP contribution in [-0.4, -0.2) is 15.9 Å². The van der Waals surface area contributed by atoms with E-state index in [0.717, 1.165) is 45.0 Å². The molecule has 0 fully saturated rings. The molecule has 0 saturated heterocycles. The van der Waals surface area contributed by atoms with Gasteiger partial charge >= 0.3 is 0 Å². The maximum atomic E-state index is 4.86. The van der Waals surface area contributed by atoms with E-state index in [9.17, 15) is 0 Å². The van der Waals surface area contributed by atoms with Gasteiger partial charge in [0, 0.05) is 44.8 Å². The molecule has 2 aromatic heterocycles. The average Bonchev–Trinajstić information content (AvgIpc) is 3.54. The van der Waals surface area contributed by atoms with Gasteiger partial charge in [-0.25, -0.2) is 0 Å². The van der Waals surface area contributed by atoms with Gasteiger partial charge in [-0.1, -0.05) is 228 Å². The zero-order valence-corrected chi connectivity index (χ0v) is 50.4. The number of nitrogens with zero attached hydrogens (tertiary/aromatic N) is 2. The summed E-state index contributed by atoms with van der Waals surface area (Å²) < 4.78 is 0. The third-order valence-corrected chi connectivity index (χ3v) is 21.1. The van der Waals surface area contributed by atoms with Crippen molar-refractivity contribution in [2.45, 2.75) is 0 Å². The largest absolute Gasteiger partial charge is 0.345 e. The van der Waals surface area contributed by atoms with Gasteiger partial charge in [0.05, 0.1) is 0 Å². The van der Waals surface area contributed by atoms with Gasteiger partial charge in [0.15, 0.2) is 5.90 Å². The quantitative estimate of drug-likeness (QED) is 0.0775. The Kier molecular flexibility index (Phi) is 19.3. The van der Waals surface area contributed by atoms with Crippen molar-refractivity contribution >= 4 is 80.2 Å². The molecule has 0 atom stereocenters. The Labute approximate surface area is 509 Å². The second-order valence-corrected chi connectivity index (χ2v) is 25.0. The molecule has 2 radical (unpaired) electrons. The van der Waals surface area contributed by atoms with Gasteiger partial charge < -0.3 is 9.97 Å². The molecule has 2 heterocycles. The van der Waals surface area contributed by atoms with Gasteiger partial charge in [-0.15, -0.1) is 117 Å². The molecule has 14 aromatic rings. The van der Waals surface area contributed by atoms with Gasteiger partial charge in [0.25, 0.3) is 0 Å². The molecule has 0 unspecified atom stereocenters. The van der Waals surface area contributed by atoms with Crippen molar-refractivity contribution in [3.05, 3.63) is 328 Å². The fourth-order valence-corrected chi connectivity index (χ4v) is 17.8. The summed E-state index contributed by atoms with van der Waals surface area (Å²) in [6.07, 6.45) is 0. The minimum Gasteiger partial charge on any atom is -0.345 e. The van der Waals surface area contributed by atoms with Crippen LogP contribution in [0.1, 0.15) is 0 Å². The average molecular weight is 1440 g/mol. The van der Waals surface area contributed by atoms with Crippen LogP contribution in [0.3, 0.4) is 0 Å². The Hall–Kier alpha value is -7.68. The molecule has 6 heteroatoms. The summed E-state index contributed by atoms with van der Waals surface area (Å²) in [5, 5.41) is 15.6. The number of hydrogen-bond donors (Lipinski definition) is 0. The van der Waals surface area contributed by atoms with E-state index in [1.165, 1.54) is 70.2 Å². The first kappa shape index (κ1) is 56.6. The first-order chi connectivity index (χ1) is 39.1. The monoisotopic (exact) mass is 1440 g/mol. The van der Waals surface area contributed by atoms with E-state index in [4.69, 9.17) is 9.97 Å². The molecule has 0 spiro atoms. The SMILES string of the molecule is [Au].[Au].[c-]1cc2ccccc2cc1-c1cccc(-c2[c-]cc3ccccc3c2)n1.[c-]1cc2ccccc2cc1-c1cccc(-c2[c-]cc3ccccc3c2)n1.c1ccc([PH+](C[PH+](c2ccccc2)c2ccccc2)c2ccccc2)cc1. The number of rotatable bonds is 10. The minimum atomic E-state index is -0.847. The smallest absolute Gasteiger partial charge is 0.174 e. The Morgan fingerprint density at radius 2 is 0.444 bits per heavy atom. The molecule has 0 N–H and O–H groups in total. The number of benzene rings is 12. The summed E-state index contributed by atoms with van der Waals surface area (Å²) in [5.41, 5.74) is 7.73. The van der Waals surface area contributed by atoms with Crippen LogP contribution in [0, 0.1) is 24.3 Å². The van der Waals surface area contributed by atoms with E-state index >= 15 is 0 Å². The van der Waals surface area contributed by atoms with Crippen molar-refractivity contribution < 1.29 is 44.8 Å². The molecule has 0 amide bonds. The van der Waals surface area contributed by atoms with Crippen LogP contribution in [0.5, 0.6) is 0 Å². The molecule has 0 aliphatic rings. The Bertz CT molecular complexity index is 3770. The van der Waals surface area contributed by atoms with Crippen molar-refractivity contribution in [2.75, 3.05) is 5.90 Å². The first-order valence-corrected chi connectivity index (χ1v) is 30.1. The van der Waals surface area contributed by atoms with Crippen molar-refractivity contribution in [1.82, 2.24) is 9.97 Å². The first-order valence-electron chi connectivity index (χ1n) is 26.7. The van der Waals surface area contributed by atoms with Gasteiger partial charge in [0.2, 0.25) is 0 Å². The van der Waals surface area contributed by atoms with Gasteiger partial charge in [-0.3, -0.25) is 0 Å². The Balaban J connectivity index is 0.000000135. The van der Waals surface area contributed by atoms with E-state index in [0.29, 0.717) is 0 Å². The van der Waals surface area contributed by atoms with E-state index < -0.39 is 15.8 Å². The van der Waals surface area contributed by atoms with E-state index in [1.54, 1.807) is 0 Å².